The minimum atomic E-state index is -1.07. The Morgan fingerprint density at radius 1 is 1.39 bits per heavy atom. The van der Waals surface area contributed by atoms with E-state index in [1.54, 1.807) is 7.05 Å². The van der Waals surface area contributed by atoms with Gasteiger partial charge in [-0.15, -0.1) is 0 Å². The smallest absolute Gasteiger partial charge is 0.408 e. The molecule has 2 rings (SSSR count). The number of carbonyl (C=O) groups excluding carboxylic acids is 1. The molecule has 1 atom stereocenters. The lowest BCUT2D eigenvalue weighted by molar-refractivity contribution is -0.137. The van der Waals surface area contributed by atoms with Gasteiger partial charge in [0.15, 0.2) is 0 Å². The lowest BCUT2D eigenvalue weighted by atomic mass is 10.1. The summed E-state index contributed by atoms with van der Waals surface area (Å²) in [5.74, 6) is -1.07. The lowest BCUT2D eigenvalue weighted by Crippen LogP contribution is -2.32. The van der Waals surface area contributed by atoms with Crippen molar-refractivity contribution in [3.05, 3.63) is 52.8 Å². The van der Waals surface area contributed by atoms with Crippen LogP contribution in [-0.2, 0) is 23.2 Å². The third-order valence-electron chi connectivity index (χ3n) is 3.15. The van der Waals surface area contributed by atoms with Gasteiger partial charge in [-0.2, -0.15) is 5.10 Å². The molecule has 0 aliphatic rings. The summed E-state index contributed by atoms with van der Waals surface area (Å²) in [4.78, 5) is 23.0. The van der Waals surface area contributed by atoms with Gasteiger partial charge in [0.05, 0.1) is 29.4 Å². The van der Waals surface area contributed by atoms with E-state index >= 15 is 0 Å². The van der Waals surface area contributed by atoms with E-state index in [1.165, 1.54) is 10.9 Å². The number of aliphatic carboxylic acids is 1. The quantitative estimate of drug-likeness (QED) is 0.844. The number of nitrogens with zero attached hydrogens (tertiary/aromatic N) is 2. The molecule has 1 amide bonds. The van der Waals surface area contributed by atoms with E-state index in [9.17, 15) is 9.59 Å². The Morgan fingerprint density at radius 2 is 2.09 bits per heavy atom. The number of rotatable bonds is 6. The molecule has 2 aromatic rings. The van der Waals surface area contributed by atoms with Crippen molar-refractivity contribution in [2.24, 2.45) is 7.05 Å². The summed E-state index contributed by atoms with van der Waals surface area (Å²) in [5, 5.41) is 15.8. The average molecular weight is 338 g/mol. The van der Waals surface area contributed by atoms with Gasteiger partial charge < -0.3 is 15.2 Å². The highest BCUT2D eigenvalue weighted by molar-refractivity contribution is 6.31. The SMILES string of the molecule is Cn1ncc(Cl)c1C(CC(=O)O)NC(=O)OCc1ccccc1. The molecule has 2 N–H and O–H groups in total. The van der Waals surface area contributed by atoms with Crippen molar-refractivity contribution in [3.8, 4) is 0 Å². The van der Waals surface area contributed by atoms with Gasteiger partial charge in [0.2, 0.25) is 0 Å². The van der Waals surface area contributed by atoms with Crippen molar-refractivity contribution in [3.63, 3.8) is 0 Å². The third-order valence-corrected chi connectivity index (χ3v) is 3.44. The van der Waals surface area contributed by atoms with E-state index in [2.05, 4.69) is 10.4 Å². The number of benzene rings is 1. The van der Waals surface area contributed by atoms with Crippen molar-refractivity contribution in [1.29, 1.82) is 0 Å². The number of hydrogen-bond donors (Lipinski definition) is 2. The highest BCUT2D eigenvalue weighted by Crippen LogP contribution is 2.24. The zero-order chi connectivity index (χ0) is 16.8. The zero-order valence-corrected chi connectivity index (χ0v) is 13.2. The number of aromatic nitrogens is 2. The number of halogens is 1. The second kappa shape index (κ2) is 7.64. The Morgan fingerprint density at radius 3 is 2.65 bits per heavy atom. The van der Waals surface area contributed by atoms with E-state index in [0.717, 1.165) is 5.56 Å². The van der Waals surface area contributed by atoms with Crippen LogP contribution < -0.4 is 5.32 Å². The molecule has 0 radical (unpaired) electrons. The van der Waals surface area contributed by atoms with E-state index in [0.29, 0.717) is 5.69 Å². The Bertz CT molecular complexity index is 668. The van der Waals surface area contributed by atoms with Gasteiger partial charge in [0, 0.05) is 7.05 Å². The second-order valence-electron chi connectivity index (χ2n) is 4.86. The topological polar surface area (TPSA) is 93.5 Å². The van der Waals surface area contributed by atoms with Gasteiger partial charge in [0.1, 0.15) is 6.61 Å². The first kappa shape index (κ1) is 16.8. The van der Waals surface area contributed by atoms with E-state index in [4.69, 9.17) is 21.4 Å². The van der Waals surface area contributed by atoms with Crippen molar-refractivity contribution in [2.75, 3.05) is 0 Å². The lowest BCUT2D eigenvalue weighted by Gasteiger charge is -2.17. The molecular weight excluding hydrogens is 322 g/mol. The van der Waals surface area contributed by atoms with Crippen LogP contribution >= 0.6 is 11.6 Å². The summed E-state index contributed by atoms with van der Waals surface area (Å²) in [6.07, 6.45) is 0.333. The van der Waals surface area contributed by atoms with Crippen molar-refractivity contribution < 1.29 is 19.4 Å². The molecule has 7 nitrogen and oxygen atoms in total. The van der Waals surface area contributed by atoms with Crippen LogP contribution in [0.15, 0.2) is 36.5 Å². The van der Waals surface area contributed by atoms with Crippen molar-refractivity contribution >= 4 is 23.7 Å². The molecule has 1 heterocycles. The number of carbonyl (C=O) groups is 2. The number of ether oxygens (including phenoxy) is 1. The van der Waals surface area contributed by atoms with Crippen LogP contribution in [0.4, 0.5) is 4.79 Å². The number of amides is 1. The molecular formula is C15H16ClN3O4. The van der Waals surface area contributed by atoms with Gasteiger partial charge in [-0.1, -0.05) is 41.9 Å². The summed E-state index contributed by atoms with van der Waals surface area (Å²) in [6, 6.07) is 8.32. The third kappa shape index (κ3) is 4.72. The van der Waals surface area contributed by atoms with E-state index in [1.807, 2.05) is 30.3 Å². The first-order valence-electron chi connectivity index (χ1n) is 6.83. The maximum absolute atomic E-state index is 11.9. The molecule has 0 aliphatic heterocycles. The molecule has 0 aliphatic carbocycles. The first-order valence-corrected chi connectivity index (χ1v) is 7.21. The first-order chi connectivity index (χ1) is 11.0. The van der Waals surface area contributed by atoms with Crippen LogP contribution in [0.25, 0.3) is 0 Å². The summed E-state index contributed by atoms with van der Waals surface area (Å²) in [6.45, 7) is 0.0889. The van der Waals surface area contributed by atoms with Crippen LogP contribution in [-0.4, -0.2) is 26.9 Å². The van der Waals surface area contributed by atoms with Crippen LogP contribution in [0, 0.1) is 0 Å². The summed E-state index contributed by atoms with van der Waals surface area (Å²) in [5.41, 5.74) is 1.24. The molecule has 1 aromatic carbocycles. The Hall–Kier alpha value is -2.54. The number of alkyl carbamates (subject to hydrolysis) is 1. The molecule has 0 saturated carbocycles. The van der Waals surface area contributed by atoms with Gasteiger partial charge in [0.25, 0.3) is 0 Å². The molecule has 0 fully saturated rings. The molecule has 0 bridgehead atoms. The van der Waals surface area contributed by atoms with Gasteiger partial charge in [-0.3, -0.25) is 9.48 Å². The van der Waals surface area contributed by atoms with Gasteiger partial charge in [-0.05, 0) is 5.56 Å². The molecule has 122 valence electrons. The fourth-order valence-corrected chi connectivity index (χ4v) is 2.41. The Kier molecular flexibility index (Phi) is 5.59. The zero-order valence-electron chi connectivity index (χ0n) is 12.4. The maximum Gasteiger partial charge on any atom is 0.408 e. The minimum Gasteiger partial charge on any atom is -0.481 e. The standard InChI is InChI=1S/C15H16ClN3O4/c1-19-14(11(16)8-17-19)12(7-13(20)21)18-15(22)23-9-10-5-3-2-4-6-10/h2-6,8,12H,7,9H2,1H3,(H,18,22)(H,20,21). The predicted molar refractivity (Wildman–Crippen MR) is 83.0 cm³/mol. The second-order valence-corrected chi connectivity index (χ2v) is 5.27. The molecule has 8 heteroatoms. The predicted octanol–water partition coefficient (Wildman–Crippen LogP) is 2.52. The highest BCUT2D eigenvalue weighted by Gasteiger charge is 2.24. The number of carboxylic acids is 1. The number of hydrogen-bond acceptors (Lipinski definition) is 4. The van der Waals surface area contributed by atoms with Crippen LogP contribution in [0.3, 0.4) is 0 Å². The molecule has 1 aromatic heterocycles. The van der Waals surface area contributed by atoms with Crippen LogP contribution in [0.5, 0.6) is 0 Å². The maximum atomic E-state index is 11.9. The summed E-state index contributed by atoms with van der Waals surface area (Å²) >= 11 is 6.01. The number of aryl methyl sites for hydroxylation is 1. The van der Waals surface area contributed by atoms with Gasteiger partial charge >= 0.3 is 12.1 Å². The van der Waals surface area contributed by atoms with E-state index < -0.39 is 18.1 Å². The largest absolute Gasteiger partial charge is 0.481 e. The monoisotopic (exact) mass is 337 g/mol. The van der Waals surface area contributed by atoms with Crippen LogP contribution in [0.2, 0.25) is 5.02 Å². The fourth-order valence-electron chi connectivity index (χ4n) is 2.11. The van der Waals surface area contributed by atoms with Crippen LogP contribution in [0.1, 0.15) is 23.7 Å². The summed E-state index contributed by atoms with van der Waals surface area (Å²) < 4.78 is 6.53. The Labute approximate surface area is 137 Å². The Balaban J connectivity index is 2.03. The fraction of sp³-hybridized carbons (Fsp3) is 0.267. The number of nitrogens with one attached hydrogen (secondary N) is 1. The molecule has 1 unspecified atom stereocenters. The number of carboxylic acid groups (broad SMARTS) is 1. The molecule has 0 saturated heterocycles. The normalized spacial score (nSPS) is 11.7. The molecule has 23 heavy (non-hydrogen) atoms. The van der Waals surface area contributed by atoms with Gasteiger partial charge in [-0.25, -0.2) is 4.79 Å². The van der Waals surface area contributed by atoms with Crippen molar-refractivity contribution in [1.82, 2.24) is 15.1 Å². The highest BCUT2D eigenvalue weighted by atomic mass is 35.5. The van der Waals surface area contributed by atoms with E-state index in [-0.39, 0.29) is 18.1 Å². The summed E-state index contributed by atoms with van der Waals surface area (Å²) in [7, 11) is 1.62. The molecule has 0 spiro atoms. The minimum absolute atomic E-state index is 0.0889. The van der Waals surface area contributed by atoms with Crippen molar-refractivity contribution in [2.45, 2.75) is 19.1 Å². The average Bonchev–Trinajstić information content (AvgIpc) is 2.84.